The number of benzene rings is 8. The first kappa shape index (κ1) is 34.5. The van der Waals surface area contributed by atoms with E-state index in [0.29, 0.717) is 0 Å². The summed E-state index contributed by atoms with van der Waals surface area (Å²) in [7, 11) is -4.58. The predicted molar refractivity (Wildman–Crippen MR) is 230 cm³/mol. The molecule has 0 aliphatic carbocycles. The Morgan fingerprint density at radius 2 is 0.400 bits per heavy atom. The lowest BCUT2D eigenvalue weighted by Gasteiger charge is -2.47. The van der Waals surface area contributed by atoms with Crippen molar-refractivity contribution in [2.45, 2.75) is 39.2 Å². The van der Waals surface area contributed by atoms with Crippen LogP contribution in [0.1, 0.15) is 0 Å². The molecule has 55 heavy (non-hydrogen) atoms. The molecule has 1 nitrogen and oxygen atoms in total. The highest BCUT2D eigenvalue weighted by Crippen LogP contribution is 2.84. The first-order chi connectivity index (χ1) is 27.3. The molecule has 0 fully saturated rings. The van der Waals surface area contributed by atoms with Gasteiger partial charge in [0.25, 0.3) is 0 Å². The Hall–Kier alpha value is -6.26. The molecule has 0 saturated carbocycles. The van der Waals surface area contributed by atoms with E-state index in [9.17, 15) is 0 Å². The van der Waals surface area contributed by atoms with Crippen molar-refractivity contribution >= 4 is 20.1 Å². The Balaban J connectivity index is 1.62. The summed E-state index contributed by atoms with van der Waals surface area (Å²) in [6.07, 6.45) is 0. The Bertz CT molecular complexity index is 2220. The van der Waals surface area contributed by atoms with Crippen LogP contribution < -0.4 is 0 Å². The van der Waals surface area contributed by atoms with Crippen LogP contribution in [-0.2, 0) is 0 Å². The van der Waals surface area contributed by atoms with E-state index in [2.05, 4.69) is 243 Å². The lowest BCUT2D eigenvalue weighted by Crippen LogP contribution is -2.12. The van der Waals surface area contributed by atoms with Crippen LogP contribution in [0.4, 0.5) is 0 Å². The molecule has 266 valence electrons. The van der Waals surface area contributed by atoms with Gasteiger partial charge in [0.15, 0.2) is 0 Å². The van der Waals surface area contributed by atoms with Crippen molar-refractivity contribution in [1.29, 1.82) is 0 Å². The lowest BCUT2D eigenvalue weighted by atomic mass is 10.1. The third-order valence-electron chi connectivity index (χ3n) is 10.1. The topological polar surface area (TPSA) is 13.1 Å². The van der Waals surface area contributed by atoms with Crippen LogP contribution in [0.3, 0.4) is 0 Å². The van der Waals surface area contributed by atoms with Gasteiger partial charge in [-0.25, -0.2) is 0 Å². The third-order valence-corrected chi connectivity index (χ3v) is 18.1. The largest absolute Gasteiger partial charge is 0.454 e. The highest BCUT2D eigenvalue weighted by Gasteiger charge is 2.48. The molecule has 0 atom stereocenters. The fourth-order valence-corrected chi connectivity index (χ4v) is 16.6. The molecule has 1 aromatic heterocycles. The maximum Gasteiger partial charge on any atom is 0.148 e. The van der Waals surface area contributed by atoms with E-state index in [4.69, 9.17) is 4.42 Å². The molecule has 0 bridgehead atoms. The SMILES string of the molecule is c1ccc(-c2oc(-c3ccccc3)c(S(c3ccccc3)(c3ccccc3)c3ccccc3)c2S(c2ccccc2)(c2ccccc2)c2ccccc2)cc1. The quantitative estimate of drug-likeness (QED) is 0.136. The van der Waals surface area contributed by atoms with Crippen LogP contribution in [-0.4, -0.2) is 0 Å². The molecular formula is C52H40OS2. The highest BCUT2D eigenvalue weighted by atomic mass is 32.3. The molecule has 0 unspecified atom stereocenters. The molecule has 9 aromatic rings. The zero-order valence-corrected chi connectivity index (χ0v) is 32.0. The van der Waals surface area contributed by atoms with Gasteiger partial charge in [-0.1, -0.05) is 170 Å². The van der Waals surface area contributed by atoms with Crippen molar-refractivity contribution in [3.63, 3.8) is 0 Å². The molecule has 9 rings (SSSR count). The van der Waals surface area contributed by atoms with Gasteiger partial charge in [-0.2, -0.15) is 0 Å². The first-order valence-electron chi connectivity index (χ1n) is 18.6. The minimum Gasteiger partial charge on any atom is -0.454 e. The minimum absolute atomic E-state index is 0.890. The van der Waals surface area contributed by atoms with E-state index in [-0.39, 0.29) is 0 Å². The molecule has 0 radical (unpaired) electrons. The van der Waals surface area contributed by atoms with Gasteiger partial charge >= 0.3 is 0 Å². The molecule has 0 amide bonds. The molecule has 0 aliphatic heterocycles. The van der Waals surface area contributed by atoms with Crippen LogP contribution in [0.15, 0.2) is 286 Å². The molecule has 3 heteroatoms. The summed E-state index contributed by atoms with van der Waals surface area (Å²) >= 11 is 0. The van der Waals surface area contributed by atoms with Crippen molar-refractivity contribution < 1.29 is 4.42 Å². The van der Waals surface area contributed by atoms with Gasteiger partial charge < -0.3 is 4.42 Å². The fourth-order valence-electron chi connectivity index (χ4n) is 7.79. The average Bonchev–Trinajstić information content (AvgIpc) is 3.68. The van der Waals surface area contributed by atoms with E-state index in [1.807, 2.05) is 0 Å². The monoisotopic (exact) mass is 744 g/mol. The Kier molecular flexibility index (Phi) is 9.56. The van der Waals surface area contributed by atoms with Gasteiger partial charge in [-0.15, -0.1) is 20.1 Å². The Labute approximate surface area is 327 Å². The van der Waals surface area contributed by atoms with E-state index in [1.54, 1.807) is 0 Å². The van der Waals surface area contributed by atoms with Crippen LogP contribution in [0.2, 0.25) is 0 Å². The van der Waals surface area contributed by atoms with Crippen molar-refractivity contribution in [2.24, 2.45) is 0 Å². The summed E-state index contributed by atoms with van der Waals surface area (Å²) in [6, 6.07) is 88.4. The zero-order valence-electron chi connectivity index (χ0n) is 30.3. The van der Waals surface area contributed by atoms with Crippen molar-refractivity contribution in [3.05, 3.63) is 243 Å². The second-order valence-corrected chi connectivity index (χ2v) is 19.3. The third kappa shape index (κ3) is 5.93. The predicted octanol–water partition coefficient (Wildman–Crippen LogP) is 15.3. The summed E-state index contributed by atoms with van der Waals surface area (Å²) in [4.78, 5) is 9.90. The van der Waals surface area contributed by atoms with Crippen molar-refractivity contribution in [3.8, 4) is 22.6 Å². The van der Waals surface area contributed by atoms with E-state index < -0.39 is 20.1 Å². The molecule has 0 saturated heterocycles. The highest BCUT2D eigenvalue weighted by molar-refractivity contribution is 8.36. The smallest absolute Gasteiger partial charge is 0.148 e. The van der Waals surface area contributed by atoms with Gasteiger partial charge in [0.2, 0.25) is 0 Å². The number of hydrogen-bond acceptors (Lipinski definition) is 1. The molecule has 0 N–H and O–H groups in total. The average molecular weight is 745 g/mol. The molecule has 1 heterocycles. The molecule has 8 aromatic carbocycles. The van der Waals surface area contributed by atoms with Gasteiger partial charge in [0.1, 0.15) is 11.5 Å². The summed E-state index contributed by atoms with van der Waals surface area (Å²) in [5.41, 5.74) is 2.09. The first-order valence-corrected chi connectivity index (χ1v) is 21.8. The molecule has 0 spiro atoms. The normalized spacial score (nSPS) is 12.2. The summed E-state index contributed by atoms with van der Waals surface area (Å²) in [5.74, 6) is 1.78. The van der Waals surface area contributed by atoms with E-state index in [0.717, 1.165) is 22.6 Å². The van der Waals surface area contributed by atoms with E-state index >= 15 is 0 Å². The van der Waals surface area contributed by atoms with Crippen LogP contribution >= 0.6 is 20.1 Å². The van der Waals surface area contributed by atoms with Crippen LogP contribution in [0, 0.1) is 0 Å². The van der Waals surface area contributed by atoms with Crippen LogP contribution in [0.25, 0.3) is 22.6 Å². The van der Waals surface area contributed by atoms with Gasteiger partial charge in [0, 0.05) is 40.5 Å². The maximum atomic E-state index is 7.70. The standard InChI is InChI=1S/C52H40OS2/c1-9-25-41(26-10-1)49-51(54(43-29-13-3-14-30-43,44-31-15-4-16-32-44)45-33-17-5-18-34-45)52(50(53-49)42-27-11-2-12-28-42)55(46-35-19-6-20-36-46,47-37-21-7-22-38-47)48-39-23-8-24-40-48/h1-40H. The number of hydrogen-bond donors (Lipinski definition) is 0. The Morgan fingerprint density at radius 1 is 0.218 bits per heavy atom. The van der Waals surface area contributed by atoms with Gasteiger partial charge in [0.05, 0.1) is 9.79 Å². The van der Waals surface area contributed by atoms with Crippen LogP contribution in [0.5, 0.6) is 0 Å². The molecular weight excluding hydrogens is 705 g/mol. The summed E-state index contributed by atoms with van der Waals surface area (Å²) in [5, 5.41) is 0. The lowest BCUT2D eigenvalue weighted by molar-refractivity contribution is 0.588. The van der Waals surface area contributed by atoms with E-state index in [1.165, 1.54) is 39.2 Å². The number of rotatable bonds is 10. The molecule has 0 aliphatic rings. The van der Waals surface area contributed by atoms with Crippen molar-refractivity contribution in [2.75, 3.05) is 0 Å². The maximum absolute atomic E-state index is 7.70. The fraction of sp³-hybridized carbons (Fsp3) is 0. The number of furan rings is 1. The summed E-state index contributed by atoms with van der Waals surface area (Å²) in [6.45, 7) is 0. The van der Waals surface area contributed by atoms with Gasteiger partial charge in [-0.3, -0.25) is 0 Å². The minimum atomic E-state index is -2.29. The second kappa shape index (κ2) is 15.2. The second-order valence-electron chi connectivity index (χ2n) is 13.3. The van der Waals surface area contributed by atoms with Gasteiger partial charge in [-0.05, 0) is 72.8 Å². The van der Waals surface area contributed by atoms with Crippen molar-refractivity contribution in [1.82, 2.24) is 0 Å². The summed E-state index contributed by atoms with van der Waals surface area (Å²) < 4.78 is 7.70. The Morgan fingerprint density at radius 3 is 0.600 bits per heavy atom. The zero-order chi connectivity index (χ0) is 36.9.